The van der Waals surface area contributed by atoms with Gasteiger partial charge in [-0.2, -0.15) is 0 Å². The number of unbranched alkanes of at least 4 members (excludes halogenated alkanes) is 1. The Labute approximate surface area is 211 Å². The van der Waals surface area contributed by atoms with Crippen LogP contribution >= 0.6 is 0 Å². The number of aliphatic hydroxyl groups excluding tert-OH is 3. The minimum atomic E-state index is -1.70. The number of hydrogen-bond donors (Lipinski definition) is 5. The highest BCUT2D eigenvalue weighted by molar-refractivity contribution is 5.86. The number of carbonyl (C=O) groups is 1. The molecule has 1 aliphatic heterocycles. The summed E-state index contributed by atoms with van der Waals surface area (Å²) in [4.78, 5) is 24.7. The monoisotopic (exact) mass is 516 g/mol. The van der Waals surface area contributed by atoms with E-state index < -0.39 is 47.9 Å². The zero-order valence-corrected chi connectivity index (χ0v) is 19.9. The lowest BCUT2D eigenvalue weighted by atomic mass is 9.97. The van der Waals surface area contributed by atoms with Crippen LogP contribution in [0, 0.1) is 0 Å². The maximum absolute atomic E-state index is 12.7. The van der Waals surface area contributed by atoms with Gasteiger partial charge < -0.3 is 44.2 Å². The third kappa shape index (κ3) is 5.86. The lowest BCUT2D eigenvalue weighted by Gasteiger charge is -2.39. The molecular formula is C26H28O11. The molecule has 4 rings (SSSR count). The average Bonchev–Trinajstić information content (AvgIpc) is 2.85. The van der Waals surface area contributed by atoms with Crippen LogP contribution in [-0.4, -0.2) is 68.8 Å². The van der Waals surface area contributed by atoms with E-state index in [0.717, 1.165) is 12.5 Å². The maximum Gasteiger partial charge on any atom is 0.308 e. The molecule has 0 bridgehead atoms. The largest absolute Gasteiger partial charge is 0.508 e. The Hall–Kier alpha value is -3.64. The number of aliphatic hydroxyl groups is 3. The van der Waals surface area contributed by atoms with E-state index in [4.69, 9.17) is 18.6 Å². The summed E-state index contributed by atoms with van der Waals surface area (Å²) in [6, 6.07) is 9.55. The number of phenols is 2. The summed E-state index contributed by atoms with van der Waals surface area (Å²) >= 11 is 0. The maximum atomic E-state index is 12.7. The normalized spacial score (nSPS) is 23.6. The molecule has 0 radical (unpaired) electrons. The van der Waals surface area contributed by atoms with Gasteiger partial charge in [-0.25, -0.2) is 0 Å². The van der Waals surface area contributed by atoms with Gasteiger partial charge >= 0.3 is 5.97 Å². The zero-order valence-electron chi connectivity index (χ0n) is 19.9. The molecule has 37 heavy (non-hydrogen) atoms. The molecule has 198 valence electrons. The fraction of sp³-hybridized carbons (Fsp3) is 0.385. The van der Waals surface area contributed by atoms with E-state index in [-0.39, 0.29) is 41.3 Å². The Morgan fingerprint density at radius 2 is 1.73 bits per heavy atom. The Bertz CT molecular complexity index is 1300. The number of esters is 1. The standard InChI is InChI=1S/C26H28O11/c1-2-3-8-34-21(30)12-20-23(31)24(32)25(33)26(37-20)35-15-9-16(28)22-17(29)11-18(36-19(22)10-15)13-4-6-14(27)7-5-13/h4-7,9-11,20,23-28,31-33H,2-3,8,12H2,1H3/t20-,23-,24+,25-,26-/m1/s1. The van der Waals surface area contributed by atoms with Crippen LogP contribution in [0.25, 0.3) is 22.3 Å². The van der Waals surface area contributed by atoms with Crippen LogP contribution in [0.2, 0.25) is 0 Å². The first-order chi connectivity index (χ1) is 17.7. The van der Waals surface area contributed by atoms with Crippen LogP contribution in [0.3, 0.4) is 0 Å². The molecule has 0 spiro atoms. The molecular weight excluding hydrogens is 488 g/mol. The molecule has 2 heterocycles. The second-order valence-electron chi connectivity index (χ2n) is 8.75. The number of rotatable bonds is 8. The van der Waals surface area contributed by atoms with Gasteiger partial charge in [-0.15, -0.1) is 0 Å². The lowest BCUT2D eigenvalue weighted by Crippen LogP contribution is -2.59. The number of ether oxygens (including phenoxy) is 3. The van der Waals surface area contributed by atoms with Crippen LogP contribution in [0.4, 0.5) is 0 Å². The van der Waals surface area contributed by atoms with Crippen LogP contribution in [0.1, 0.15) is 26.2 Å². The number of phenolic OH excluding ortho intramolecular Hbond substituents is 2. The van der Waals surface area contributed by atoms with E-state index >= 15 is 0 Å². The number of benzene rings is 2. The summed E-state index contributed by atoms with van der Waals surface area (Å²) in [6.45, 7) is 2.14. The molecule has 1 fully saturated rings. The van der Waals surface area contributed by atoms with E-state index in [1.54, 1.807) is 12.1 Å². The molecule has 3 aromatic rings. The molecule has 2 aromatic carbocycles. The molecule has 0 saturated carbocycles. The Kier molecular flexibility index (Phi) is 7.98. The van der Waals surface area contributed by atoms with Crippen molar-refractivity contribution in [3.8, 4) is 28.6 Å². The summed E-state index contributed by atoms with van der Waals surface area (Å²) in [5.41, 5.74) is -0.0607. The molecule has 5 atom stereocenters. The highest BCUT2D eigenvalue weighted by Gasteiger charge is 2.46. The van der Waals surface area contributed by atoms with E-state index in [1.807, 2.05) is 6.92 Å². The van der Waals surface area contributed by atoms with Gasteiger partial charge in [0.2, 0.25) is 6.29 Å². The first kappa shape index (κ1) is 26.4. The predicted molar refractivity (Wildman–Crippen MR) is 129 cm³/mol. The summed E-state index contributed by atoms with van der Waals surface area (Å²) in [6.07, 6.45) is -6.63. The number of hydrogen-bond acceptors (Lipinski definition) is 11. The molecule has 5 N–H and O–H groups in total. The van der Waals surface area contributed by atoms with Crippen molar-refractivity contribution in [3.05, 3.63) is 52.7 Å². The van der Waals surface area contributed by atoms with E-state index in [0.29, 0.717) is 12.0 Å². The number of aromatic hydroxyl groups is 2. The quantitative estimate of drug-likeness (QED) is 0.218. The van der Waals surface area contributed by atoms with Crippen molar-refractivity contribution in [1.82, 2.24) is 0 Å². The van der Waals surface area contributed by atoms with Gasteiger partial charge in [0, 0.05) is 23.8 Å². The summed E-state index contributed by atoms with van der Waals surface area (Å²) in [5, 5.41) is 50.8. The predicted octanol–water partition coefficient (Wildman–Crippen LogP) is 1.79. The third-order valence-electron chi connectivity index (χ3n) is 5.98. The molecule has 0 aliphatic carbocycles. The van der Waals surface area contributed by atoms with E-state index in [9.17, 15) is 35.1 Å². The molecule has 11 nitrogen and oxygen atoms in total. The highest BCUT2D eigenvalue weighted by atomic mass is 16.7. The highest BCUT2D eigenvalue weighted by Crippen LogP contribution is 2.33. The fourth-order valence-corrected chi connectivity index (χ4v) is 3.95. The van der Waals surface area contributed by atoms with E-state index in [1.165, 1.54) is 24.3 Å². The second-order valence-corrected chi connectivity index (χ2v) is 8.75. The Morgan fingerprint density at radius 3 is 2.43 bits per heavy atom. The molecule has 1 aromatic heterocycles. The van der Waals surface area contributed by atoms with Crippen molar-refractivity contribution < 1.29 is 49.0 Å². The molecule has 1 saturated heterocycles. The van der Waals surface area contributed by atoms with E-state index in [2.05, 4.69) is 0 Å². The lowest BCUT2D eigenvalue weighted by molar-refractivity contribution is -0.273. The van der Waals surface area contributed by atoms with Crippen molar-refractivity contribution in [2.75, 3.05) is 6.61 Å². The number of fused-ring (bicyclic) bond motifs is 1. The van der Waals surface area contributed by atoms with Crippen molar-refractivity contribution in [1.29, 1.82) is 0 Å². The SMILES string of the molecule is CCCCOC(=O)C[C@H]1O[C@@H](Oc2cc(O)c3c(=O)cc(-c4ccc(O)cc4)oc3c2)[C@H](O)[C@@H](O)[C@@H]1O. The third-order valence-corrected chi connectivity index (χ3v) is 5.98. The average molecular weight is 516 g/mol. The number of carbonyl (C=O) groups excluding carboxylic acids is 1. The first-order valence-corrected chi connectivity index (χ1v) is 11.8. The zero-order chi connectivity index (χ0) is 26.7. The van der Waals surface area contributed by atoms with Crippen molar-refractivity contribution in [2.45, 2.75) is 56.9 Å². The second kappa shape index (κ2) is 11.2. The topological polar surface area (TPSA) is 176 Å². The summed E-state index contributed by atoms with van der Waals surface area (Å²) in [7, 11) is 0. The summed E-state index contributed by atoms with van der Waals surface area (Å²) < 4.78 is 22.1. The van der Waals surface area contributed by atoms with Crippen LogP contribution in [0.5, 0.6) is 17.2 Å². The fourth-order valence-electron chi connectivity index (χ4n) is 3.95. The smallest absolute Gasteiger partial charge is 0.308 e. The van der Waals surface area contributed by atoms with Gasteiger partial charge in [0.15, 0.2) is 5.43 Å². The van der Waals surface area contributed by atoms with Crippen molar-refractivity contribution in [3.63, 3.8) is 0 Å². The van der Waals surface area contributed by atoms with Crippen molar-refractivity contribution >= 4 is 16.9 Å². The van der Waals surface area contributed by atoms with Crippen LogP contribution in [0.15, 0.2) is 51.7 Å². The van der Waals surface area contributed by atoms with Gasteiger partial charge in [-0.3, -0.25) is 9.59 Å². The molecule has 1 aliphatic rings. The van der Waals surface area contributed by atoms with Crippen LogP contribution in [-0.2, 0) is 14.3 Å². The van der Waals surface area contributed by atoms with Gasteiger partial charge in [0.25, 0.3) is 0 Å². The molecule has 0 amide bonds. The first-order valence-electron chi connectivity index (χ1n) is 11.8. The molecule has 11 heteroatoms. The Morgan fingerprint density at radius 1 is 1.00 bits per heavy atom. The minimum Gasteiger partial charge on any atom is -0.508 e. The van der Waals surface area contributed by atoms with Gasteiger partial charge in [-0.1, -0.05) is 13.3 Å². The summed E-state index contributed by atoms with van der Waals surface area (Å²) in [5.74, 6) is -0.977. The molecule has 0 unspecified atom stereocenters. The van der Waals surface area contributed by atoms with Gasteiger partial charge in [0.05, 0.1) is 13.0 Å². The van der Waals surface area contributed by atoms with Crippen molar-refractivity contribution in [2.24, 2.45) is 0 Å². The Balaban J connectivity index is 1.58. The van der Waals surface area contributed by atoms with Crippen LogP contribution < -0.4 is 10.2 Å². The van der Waals surface area contributed by atoms with Gasteiger partial charge in [-0.05, 0) is 30.7 Å². The van der Waals surface area contributed by atoms with Gasteiger partial charge in [0.1, 0.15) is 58.4 Å². The minimum absolute atomic E-state index is 0.0334.